The van der Waals surface area contributed by atoms with Crippen LogP contribution in [0, 0.1) is 6.92 Å². The largest absolute Gasteiger partial charge is 0.494 e. The van der Waals surface area contributed by atoms with E-state index in [1.54, 1.807) is 18.2 Å². The van der Waals surface area contributed by atoms with Crippen LogP contribution in [0.5, 0.6) is 5.75 Å². The second-order valence-electron chi connectivity index (χ2n) is 6.91. The summed E-state index contributed by atoms with van der Waals surface area (Å²) in [6.07, 6.45) is 4.33. The van der Waals surface area contributed by atoms with Gasteiger partial charge in [0.25, 0.3) is 11.8 Å². The fourth-order valence-corrected chi connectivity index (χ4v) is 3.82. The molecule has 1 aromatic carbocycles. The molecule has 0 aliphatic rings. The van der Waals surface area contributed by atoms with Crippen molar-refractivity contribution in [1.82, 2.24) is 5.32 Å². The molecule has 0 saturated carbocycles. The van der Waals surface area contributed by atoms with Crippen LogP contribution in [0.15, 0.2) is 53.1 Å². The van der Waals surface area contributed by atoms with E-state index < -0.39 is 0 Å². The number of nitrogens with one attached hydrogen (secondary N) is 2. The lowest BCUT2D eigenvalue weighted by atomic mass is 10.1. The van der Waals surface area contributed by atoms with E-state index >= 15 is 0 Å². The molecule has 0 spiro atoms. The average molecular weight is 427 g/mol. The van der Waals surface area contributed by atoms with Crippen LogP contribution in [0.25, 0.3) is 0 Å². The van der Waals surface area contributed by atoms with Gasteiger partial charge in [-0.2, -0.15) is 0 Å². The van der Waals surface area contributed by atoms with Gasteiger partial charge in [0, 0.05) is 6.54 Å². The quantitative estimate of drug-likeness (QED) is 0.445. The van der Waals surface area contributed by atoms with Gasteiger partial charge in [-0.3, -0.25) is 9.59 Å². The Labute approximate surface area is 180 Å². The monoisotopic (exact) mass is 426 g/mol. The second kappa shape index (κ2) is 10.6. The van der Waals surface area contributed by atoms with Gasteiger partial charge in [0.05, 0.1) is 22.7 Å². The summed E-state index contributed by atoms with van der Waals surface area (Å²) in [4.78, 5) is 25.2. The molecule has 2 heterocycles. The third-order valence-corrected chi connectivity index (χ3v) is 5.65. The highest BCUT2D eigenvalue weighted by atomic mass is 32.1. The van der Waals surface area contributed by atoms with E-state index in [9.17, 15) is 9.59 Å². The summed E-state index contributed by atoms with van der Waals surface area (Å²) in [6.45, 7) is 5.25. The van der Waals surface area contributed by atoms with Crippen molar-refractivity contribution in [1.29, 1.82) is 0 Å². The molecule has 2 N–H and O–H groups in total. The van der Waals surface area contributed by atoms with Gasteiger partial charge in [0.15, 0.2) is 5.76 Å². The van der Waals surface area contributed by atoms with Gasteiger partial charge in [-0.15, -0.1) is 11.3 Å². The average Bonchev–Trinajstić information content (AvgIpc) is 3.39. The van der Waals surface area contributed by atoms with E-state index in [1.807, 2.05) is 31.2 Å². The van der Waals surface area contributed by atoms with Crippen LogP contribution in [0.3, 0.4) is 0 Å². The van der Waals surface area contributed by atoms with E-state index in [0.717, 1.165) is 42.7 Å². The van der Waals surface area contributed by atoms with Crippen LogP contribution in [0.1, 0.15) is 51.1 Å². The summed E-state index contributed by atoms with van der Waals surface area (Å²) in [6, 6.07) is 13.0. The Morgan fingerprint density at radius 3 is 2.63 bits per heavy atom. The third kappa shape index (κ3) is 5.97. The van der Waals surface area contributed by atoms with E-state index in [0.29, 0.717) is 16.4 Å². The molecule has 0 saturated heterocycles. The van der Waals surface area contributed by atoms with Crippen LogP contribution in [-0.4, -0.2) is 25.0 Å². The number of hydrogen-bond acceptors (Lipinski definition) is 5. The van der Waals surface area contributed by atoms with Gasteiger partial charge in [-0.1, -0.05) is 25.5 Å². The first-order chi connectivity index (χ1) is 14.6. The molecule has 0 unspecified atom stereocenters. The first-order valence-corrected chi connectivity index (χ1v) is 10.8. The number of carbonyl (C=O) groups is 2. The van der Waals surface area contributed by atoms with Crippen molar-refractivity contribution in [3.8, 4) is 5.75 Å². The number of carbonyl (C=O) groups excluding carboxylic acids is 2. The maximum Gasteiger partial charge on any atom is 0.291 e. The fraction of sp³-hybridized carbons (Fsp3) is 0.304. The van der Waals surface area contributed by atoms with Gasteiger partial charge in [-0.25, -0.2) is 0 Å². The summed E-state index contributed by atoms with van der Waals surface area (Å²) in [5.74, 6) is 0.620. The molecule has 0 atom stereocenters. The van der Waals surface area contributed by atoms with E-state index in [-0.39, 0.29) is 17.6 Å². The number of ether oxygens (including phenoxy) is 1. The minimum Gasteiger partial charge on any atom is -0.494 e. The fourth-order valence-electron chi connectivity index (χ4n) is 2.84. The van der Waals surface area contributed by atoms with E-state index in [2.05, 4.69) is 17.6 Å². The Bertz CT molecular complexity index is 962. The van der Waals surface area contributed by atoms with Crippen molar-refractivity contribution >= 4 is 28.2 Å². The number of hydrogen-bond donors (Lipinski definition) is 2. The lowest BCUT2D eigenvalue weighted by Crippen LogP contribution is -2.25. The predicted octanol–water partition coefficient (Wildman–Crippen LogP) is 5.05. The lowest BCUT2D eigenvalue weighted by Gasteiger charge is -2.07. The molecule has 0 bridgehead atoms. The zero-order chi connectivity index (χ0) is 21.3. The molecule has 2 amide bonds. The number of furan rings is 1. The molecule has 7 heteroatoms. The smallest absolute Gasteiger partial charge is 0.291 e. The molecule has 3 rings (SSSR count). The number of unbranched alkanes of at least 4 members (excludes halogenated alkanes) is 1. The van der Waals surface area contributed by atoms with Crippen LogP contribution in [-0.2, 0) is 6.42 Å². The van der Waals surface area contributed by atoms with Crippen molar-refractivity contribution in [2.45, 2.75) is 33.1 Å². The maximum absolute atomic E-state index is 12.5. The highest BCUT2D eigenvalue weighted by molar-refractivity contribution is 7.18. The molecular formula is C23H26N2O4S. The summed E-state index contributed by atoms with van der Waals surface area (Å²) in [5, 5.41) is 6.32. The normalized spacial score (nSPS) is 10.6. The van der Waals surface area contributed by atoms with Crippen molar-refractivity contribution in [2.75, 3.05) is 18.5 Å². The zero-order valence-electron chi connectivity index (χ0n) is 17.2. The van der Waals surface area contributed by atoms with Crippen LogP contribution in [0.4, 0.5) is 5.00 Å². The van der Waals surface area contributed by atoms with Gasteiger partial charge in [0.1, 0.15) is 5.75 Å². The Hall–Kier alpha value is -3.06. The Morgan fingerprint density at radius 2 is 1.93 bits per heavy atom. The molecule has 158 valence electrons. The Morgan fingerprint density at radius 1 is 1.13 bits per heavy atom. The van der Waals surface area contributed by atoms with Gasteiger partial charge >= 0.3 is 0 Å². The minimum absolute atomic E-state index is 0.143. The molecule has 2 aromatic heterocycles. The van der Waals surface area contributed by atoms with Gasteiger partial charge < -0.3 is 19.8 Å². The topological polar surface area (TPSA) is 80.6 Å². The molecule has 6 nitrogen and oxygen atoms in total. The van der Waals surface area contributed by atoms with Gasteiger partial charge in [-0.05, 0) is 61.2 Å². The molecular weight excluding hydrogens is 400 g/mol. The standard InChI is InChI=1S/C23H26N2O4S/c1-3-4-13-28-18-9-7-17(8-10-18)11-12-24-23(27)21-16(2)15-20(30-21)25-22(26)19-6-5-14-29-19/h5-10,14-15H,3-4,11-13H2,1-2H3,(H,24,27)(H,25,26). The van der Waals surface area contributed by atoms with Crippen molar-refractivity contribution in [3.05, 3.63) is 70.5 Å². The molecule has 0 aliphatic carbocycles. The summed E-state index contributed by atoms with van der Waals surface area (Å²) in [7, 11) is 0. The number of benzene rings is 1. The predicted molar refractivity (Wildman–Crippen MR) is 119 cm³/mol. The van der Waals surface area contributed by atoms with Crippen LogP contribution < -0.4 is 15.4 Å². The number of anilines is 1. The second-order valence-corrected chi connectivity index (χ2v) is 7.96. The molecule has 0 fully saturated rings. The minimum atomic E-state index is -0.338. The van der Waals surface area contributed by atoms with Gasteiger partial charge in [0.2, 0.25) is 0 Å². The molecule has 30 heavy (non-hydrogen) atoms. The molecule has 0 radical (unpaired) electrons. The first-order valence-electron chi connectivity index (χ1n) is 10.0. The van der Waals surface area contributed by atoms with Crippen molar-refractivity contribution in [3.63, 3.8) is 0 Å². The van der Waals surface area contributed by atoms with Crippen LogP contribution >= 0.6 is 11.3 Å². The van der Waals surface area contributed by atoms with Crippen molar-refractivity contribution in [2.24, 2.45) is 0 Å². The number of amides is 2. The molecule has 3 aromatic rings. The highest BCUT2D eigenvalue weighted by Gasteiger charge is 2.16. The maximum atomic E-state index is 12.5. The number of rotatable bonds is 10. The van der Waals surface area contributed by atoms with Crippen molar-refractivity contribution < 1.29 is 18.7 Å². The van der Waals surface area contributed by atoms with E-state index in [1.165, 1.54) is 17.6 Å². The Kier molecular flexibility index (Phi) is 7.68. The highest BCUT2D eigenvalue weighted by Crippen LogP contribution is 2.27. The SMILES string of the molecule is CCCCOc1ccc(CCNC(=O)c2sc(NC(=O)c3ccco3)cc2C)cc1. The summed E-state index contributed by atoms with van der Waals surface area (Å²) < 4.78 is 10.7. The Balaban J connectivity index is 1.48. The summed E-state index contributed by atoms with van der Waals surface area (Å²) >= 11 is 1.25. The van der Waals surface area contributed by atoms with Crippen LogP contribution in [0.2, 0.25) is 0 Å². The molecule has 0 aliphatic heterocycles. The summed E-state index contributed by atoms with van der Waals surface area (Å²) in [5.41, 5.74) is 1.95. The first kappa shape index (κ1) is 21.6. The third-order valence-electron chi connectivity index (χ3n) is 4.49. The number of thiophene rings is 1. The zero-order valence-corrected chi connectivity index (χ0v) is 18.0. The lowest BCUT2D eigenvalue weighted by molar-refractivity contribution is 0.0956. The number of aryl methyl sites for hydroxylation is 1. The van der Waals surface area contributed by atoms with E-state index in [4.69, 9.17) is 9.15 Å².